The van der Waals surface area contributed by atoms with Gasteiger partial charge < -0.3 is 10.6 Å². The molecule has 1 saturated heterocycles. The number of nitrogens with zero attached hydrogens (tertiary/aromatic N) is 1. The third-order valence-corrected chi connectivity index (χ3v) is 5.92. The minimum atomic E-state index is 0.349. The van der Waals surface area contributed by atoms with Crippen LogP contribution in [-0.2, 0) is 4.79 Å². The summed E-state index contributed by atoms with van der Waals surface area (Å²) in [6.07, 6.45) is 5.77. The van der Waals surface area contributed by atoms with Gasteiger partial charge in [0.1, 0.15) is 0 Å². The molecule has 1 aromatic rings. The molecular weight excluding hydrogens is 284 g/mol. The van der Waals surface area contributed by atoms with E-state index in [2.05, 4.69) is 36.1 Å². The molecule has 0 aromatic heterocycles. The van der Waals surface area contributed by atoms with Gasteiger partial charge in [0.25, 0.3) is 0 Å². The lowest BCUT2D eigenvalue weighted by Crippen LogP contribution is -2.32. The van der Waals surface area contributed by atoms with Gasteiger partial charge in [0.05, 0.1) is 0 Å². The predicted octanol–water partition coefficient (Wildman–Crippen LogP) is 3.40. The second-order valence-corrected chi connectivity index (χ2v) is 7.64. The first-order valence-electron chi connectivity index (χ1n) is 9.20. The number of likely N-dealkylation sites (tertiary alicyclic amines) is 1. The Morgan fingerprint density at radius 2 is 1.83 bits per heavy atom. The normalized spacial score (nSPS) is 31.3. The van der Waals surface area contributed by atoms with Crippen LogP contribution < -0.4 is 5.73 Å². The summed E-state index contributed by atoms with van der Waals surface area (Å²) in [6.45, 7) is 4.66. The molecule has 3 nitrogen and oxygen atoms in total. The van der Waals surface area contributed by atoms with E-state index in [-0.39, 0.29) is 0 Å². The van der Waals surface area contributed by atoms with E-state index < -0.39 is 0 Å². The van der Waals surface area contributed by atoms with Crippen LogP contribution in [0.15, 0.2) is 30.3 Å². The molecule has 1 aliphatic heterocycles. The lowest BCUT2D eigenvalue weighted by molar-refractivity contribution is -0.131. The summed E-state index contributed by atoms with van der Waals surface area (Å²) in [7, 11) is 0. The SMILES string of the molecule is CC1CCC(CC(=O)N2C[C@@H](CN)[C@H](c3ccccc3)C2)CC1. The Labute approximate surface area is 140 Å². The molecule has 3 heteroatoms. The highest BCUT2D eigenvalue weighted by Gasteiger charge is 2.35. The zero-order valence-corrected chi connectivity index (χ0v) is 14.3. The van der Waals surface area contributed by atoms with Crippen molar-refractivity contribution in [3.8, 4) is 0 Å². The maximum atomic E-state index is 12.7. The van der Waals surface area contributed by atoms with E-state index in [4.69, 9.17) is 5.73 Å². The highest BCUT2D eigenvalue weighted by molar-refractivity contribution is 5.77. The smallest absolute Gasteiger partial charge is 0.222 e. The lowest BCUT2D eigenvalue weighted by Gasteiger charge is -2.27. The first kappa shape index (κ1) is 16.5. The summed E-state index contributed by atoms with van der Waals surface area (Å²) in [4.78, 5) is 14.8. The number of hydrogen-bond acceptors (Lipinski definition) is 2. The Morgan fingerprint density at radius 1 is 1.13 bits per heavy atom. The van der Waals surface area contributed by atoms with Gasteiger partial charge >= 0.3 is 0 Å². The molecule has 0 radical (unpaired) electrons. The van der Waals surface area contributed by atoms with Crippen LogP contribution >= 0.6 is 0 Å². The van der Waals surface area contributed by atoms with E-state index in [1.54, 1.807) is 0 Å². The van der Waals surface area contributed by atoms with E-state index >= 15 is 0 Å². The maximum Gasteiger partial charge on any atom is 0.222 e. The van der Waals surface area contributed by atoms with Crippen molar-refractivity contribution in [1.29, 1.82) is 0 Å². The molecule has 3 rings (SSSR count). The van der Waals surface area contributed by atoms with Crippen LogP contribution in [-0.4, -0.2) is 30.4 Å². The van der Waals surface area contributed by atoms with E-state index in [0.29, 0.717) is 30.2 Å². The molecule has 2 fully saturated rings. The Hall–Kier alpha value is -1.35. The average Bonchev–Trinajstić information content (AvgIpc) is 3.02. The van der Waals surface area contributed by atoms with Crippen molar-refractivity contribution in [3.63, 3.8) is 0 Å². The number of rotatable bonds is 4. The highest BCUT2D eigenvalue weighted by atomic mass is 16.2. The zero-order chi connectivity index (χ0) is 16.2. The van der Waals surface area contributed by atoms with Crippen molar-refractivity contribution in [2.45, 2.75) is 44.9 Å². The Morgan fingerprint density at radius 3 is 2.48 bits per heavy atom. The number of hydrogen-bond donors (Lipinski definition) is 1. The van der Waals surface area contributed by atoms with Crippen LogP contribution in [0.2, 0.25) is 0 Å². The van der Waals surface area contributed by atoms with Gasteiger partial charge in [-0.05, 0) is 42.7 Å². The van der Waals surface area contributed by atoms with Crippen LogP contribution in [0.1, 0.15) is 50.5 Å². The summed E-state index contributed by atoms with van der Waals surface area (Å²) in [5.74, 6) is 2.59. The van der Waals surface area contributed by atoms with Crippen LogP contribution in [0.4, 0.5) is 0 Å². The molecule has 0 bridgehead atoms. The second-order valence-electron chi connectivity index (χ2n) is 7.64. The first-order chi connectivity index (χ1) is 11.2. The van der Waals surface area contributed by atoms with Gasteiger partial charge in [0.2, 0.25) is 5.91 Å². The summed E-state index contributed by atoms with van der Waals surface area (Å²) < 4.78 is 0. The summed E-state index contributed by atoms with van der Waals surface area (Å²) >= 11 is 0. The minimum absolute atomic E-state index is 0.349. The molecular formula is C20H30N2O. The van der Waals surface area contributed by atoms with Crippen LogP contribution in [0.5, 0.6) is 0 Å². The second kappa shape index (κ2) is 7.48. The Balaban J connectivity index is 1.59. The number of benzene rings is 1. The predicted molar refractivity (Wildman–Crippen MR) is 94.0 cm³/mol. The third-order valence-electron chi connectivity index (χ3n) is 5.92. The summed E-state index contributed by atoms with van der Waals surface area (Å²) in [5, 5.41) is 0. The van der Waals surface area contributed by atoms with Crippen molar-refractivity contribution in [2.24, 2.45) is 23.5 Å². The molecule has 1 heterocycles. The molecule has 1 aromatic carbocycles. The van der Waals surface area contributed by atoms with Crippen LogP contribution in [0, 0.1) is 17.8 Å². The minimum Gasteiger partial charge on any atom is -0.342 e. The van der Waals surface area contributed by atoms with Crippen molar-refractivity contribution in [2.75, 3.05) is 19.6 Å². The first-order valence-corrected chi connectivity index (χ1v) is 9.20. The fourth-order valence-electron chi connectivity index (χ4n) is 4.30. The Kier molecular flexibility index (Phi) is 5.37. The van der Waals surface area contributed by atoms with Gasteiger partial charge in [0, 0.05) is 25.4 Å². The van der Waals surface area contributed by atoms with Crippen LogP contribution in [0.25, 0.3) is 0 Å². The number of carbonyl (C=O) groups excluding carboxylic acids is 1. The fourth-order valence-corrected chi connectivity index (χ4v) is 4.30. The molecule has 0 spiro atoms. The quantitative estimate of drug-likeness (QED) is 0.926. The summed E-state index contributed by atoms with van der Waals surface area (Å²) in [5.41, 5.74) is 7.31. The van der Waals surface area contributed by atoms with E-state index in [9.17, 15) is 4.79 Å². The van der Waals surface area contributed by atoms with E-state index in [0.717, 1.165) is 25.4 Å². The standard InChI is InChI=1S/C20H30N2O/c1-15-7-9-16(10-8-15)11-20(23)22-13-18(12-21)19(14-22)17-5-3-2-4-6-17/h2-6,15-16,18-19H,7-14,21H2,1H3/t15?,16?,18-,19+/m1/s1. The number of amides is 1. The molecule has 2 atom stereocenters. The van der Waals surface area contributed by atoms with Gasteiger partial charge in [-0.25, -0.2) is 0 Å². The molecule has 1 aliphatic carbocycles. The molecule has 1 amide bonds. The zero-order valence-electron chi connectivity index (χ0n) is 14.3. The average molecular weight is 314 g/mol. The van der Waals surface area contributed by atoms with Crippen molar-refractivity contribution < 1.29 is 4.79 Å². The fraction of sp³-hybridized carbons (Fsp3) is 0.650. The van der Waals surface area contributed by atoms with Gasteiger partial charge in [-0.15, -0.1) is 0 Å². The number of carbonyl (C=O) groups is 1. The van der Waals surface area contributed by atoms with Gasteiger partial charge in [0.15, 0.2) is 0 Å². The Bertz CT molecular complexity index is 508. The number of nitrogens with two attached hydrogens (primary N) is 1. The van der Waals surface area contributed by atoms with Crippen molar-refractivity contribution in [3.05, 3.63) is 35.9 Å². The third kappa shape index (κ3) is 3.95. The van der Waals surface area contributed by atoms with Gasteiger partial charge in [-0.3, -0.25) is 4.79 Å². The highest BCUT2D eigenvalue weighted by Crippen LogP contribution is 2.34. The monoisotopic (exact) mass is 314 g/mol. The van der Waals surface area contributed by atoms with Crippen LogP contribution in [0.3, 0.4) is 0 Å². The maximum absolute atomic E-state index is 12.7. The van der Waals surface area contributed by atoms with E-state index in [1.807, 2.05) is 6.07 Å². The van der Waals surface area contributed by atoms with Crippen molar-refractivity contribution >= 4 is 5.91 Å². The largest absolute Gasteiger partial charge is 0.342 e. The molecule has 2 N–H and O–H groups in total. The van der Waals surface area contributed by atoms with Crippen molar-refractivity contribution in [1.82, 2.24) is 4.90 Å². The molecule has 0 unspecified atom stereocenters. The molecule has 2 aliphatic rings. The molecule has 1 saturated carbocycles. The van der Waals surface area contributed by atoms with Gasteiger partial charge in [-0.2, -0.15) is 0 Å². The summed E-state index contributed by atoms with van der Waals surface area (Å²) in [6, 6.07) is 10.5. The molecule has 126 valence electrons. The molecule has 23 heavy (non-hydrogen) atoms. The van der Waals surface area contributed by atoms with Gasteiger partial charge in [-0.1, -0.05) is 50.1 Å². The lowest BCUT2D eigenvalue weighted by atomic mass is 9.81. The van der Waals surface area contributed by atoms with E-state index in [1.165, 1.54) is 31.2 Å². The topological polar surface area (TPSA) is 46.3 Å².